The largest absolute Gasteiger partial charge is 0.835 e. The van der Waals surface area contributed by atoms with Crippen molar-refractivity contribution in [1.29, 1.82) is 5.26 Å². The van der Waals surface area contributed by atoms with Gasteiger partial charge in [0.15, 0.2) is 6.29 Å². The summed E-state index contributed by atoms with van der Waals surface area (Å²) in [4.78, 5) is 0. The van der Waals surface area contributed by atoms with Gasteiger partial charge in [0.1, 0.15) is 0 Å². The normalized spacial score (nSPS) is 15.1. The minimum absolute atomic E-state index is 0.438. The fourth-order valence-electron chi connectivity index (χ4n) is 0.869. The van der Waals surface area contributed by atoms with E-state index in [2.05, 4.69) is 0 Å². The van der Waals surface area contributed by atoms with Crippen molar-refractivity contribution < 1.29 is 14.6 Å². The minimum atomic E-state index is -1.83. The summed E-state index contributed by atoms with van der Waals surface area (Å²) in [5.41, 5.74) is -1.83. The van der Waals surface area contributed by atoms with Crippen LogP contribution in [0.2, 0.25) is 0 Å². The molecule has 0 aliphatic carbocycles. The zero-order chi connectivity index (χ0) is 11.0. The number of rotatable bonds is 7. The van der Waals surface area contributed by atoms with Crippen molar-refractivity contribution in [2.75, 3.05) is 13.2 Å². The Morgan fingerprint density at radius 3 is 2.00 bits per heavy atom. The SMILES string of the molecule is CCCOC(OCCC)[C@](C)([O-])C#N. The van der Waals surface area contributed by atoms with E-state index in [1.165, 1.54) is 6.92 Å². The highest BCUT2D eigenvalue weighted by atomic mass is 16.7. The van der Waals surface area contributed by atoms with E-state index in [1.54, 1.807) is 6.07 Å². The fourth-order valence-corrected chi connectivity index (χ4v) is 0.869. The minimum Gasteiger partial charge on any atom is -0.835 e. The molecule has 0 aliphatic rings. The van der Waals surface area contributed by atoms with Gasteiger partial charge < -0.3 is 14.6 Å². The quantitative estimate of drug-likeness (QED) is 0.570. The Morgan fingerprint density at radius 1 is 1.29 bits per heavy atom. The molecule has 0 saturated heterocycles. The third-order valence-electron chi connectivity index (χ3n) is 1.62. The van der Waals surface area contributed by atoms with Crippen LogP contribution in [0.4, 0.5) is 0 Å². The van der Waals surface area contributed by atoms with E-state index in [0.29, 0.717) is 13.2 Å². The molecule has 0 rings (SSSR count). The molecule has 4 heteroatoms. The van der Waals surface area contributed by atoms with E-state index in [0.717, 1.165) is 12.8 Å². The van der Waals surface area contributed by atoms with E-state index < -0.39 is 11.9 Å². The predicted octanol–water partition coefficient (Wildman–Crippen LogP) is 0.808. The molecule has 82 valence electrons. The molecule has 1 atom stereocenters. The van der Waals surface area contributed by atoms with Crippen LogP contribution in [0, 0.1) is 11.3 Å². The van der Waals surface area contributed by atoms with Gasteiger partial charge in [0, 0.05) is 18.8 Å². The zero-order valence-corrected chi connectivity index (χ0v) is 9.08. The van der Waals surface area contributed by atoms with Gasteiger partial charge in [-0.05, 0) is 12.8 Å². The van der Waals surface area contributed by atoms with Gasteiger partial charge in [-0.2, -0.15) is 5.26 Å². The number of hydrogen-bond acceptors (Lipinski definition) is 4. The molecule has 14 heavy (non-hydrogen) atoms. The molecule has 4 nitrogen and oxygen atoms in total. The summed E-state index contributed by atoms with van der Waals surface area (Å²) in [6.07, 6.45) is 0.633. The summed E-state index contributed by atoms with van der Waals surface area (Å²) in [7, 11) is 0. The second kappa shape index (κ2) is 6.77. The zero-order valence-electron chi connectivity index (χ0n) is 9.08. The molecule has 0 heterocycles. The lowest BCUT2D eigenvalue weighted by Crippen LogP contribution is -2.52. The van der Waals surface area contributed by atoms with Gasteiger partial charge in [0.05, 0.1) is 6.07 Å². The van der Waals surface area contributed by atoms with Gasteiger partial charge in [-0.3, -0.25) is 0 Å². The number of ether oxygens (including phenoxy) is 2. The summed E-state index contributed by atoms with van der Waals surface area (Å²) in [6.45, 7) is 6.03. The first-order valence-corrected chi connectivity index (χ1v) is 4.93. The smallest absolute Gasteiger partial charge is 0.160 e. The number of nitriles is 1. The second-order valence-electron chi connectivity index (χ2n) is 3.29. The van der Waals surface area contributed by atoms with Crippen LogP contribution in [0.5, 0.6) is 0 Å². The van der Waals surface area contributed by atoms with Crippen molar-refractivity contribution >= 4 is 0 Å². The molecule has 0 N–H and O–H groups in total. The maximum absolute atomic E-state index is 11.6. The van der Waals surface area contributed by atoms with E-state index in [4.69, 9.17) is 14.7 Å². The van der Waals surface area contributed by atoms with Crippen molar-refractivity contribution in [3.8, 4) is 6.07 Å². The molecule has 0 radical (unpaired) electrons. The van der Waals surface area contributed by atoms with Gasteiger partial charge in [-0.15, -0.1) is 0 Å². The Hall–Kier alpha value is -0.630. The van der Waals surface area contributed by atoms with Crippen LogP contribution >= 0.6 is 0 Å². The Labute approximate surface area is 85.4 Å². The van der Waals surface area contributed by atoms with Crippen molar-refractivity contribution in [3.05, 3.63) is 0 Å². The van der Waals surface area contributed by atoms with Crippen molar-refractivity contribution in [3.63, 3.8) is 0 Å². The third kappa shape index (κ3) is 4.56. The van der Waals surface area contributed by atoms with E-state index in [1.807, 2.05) is 13.8 Å². The summed E-state index contributed by atoms with van der Waals surface area (Å²) in [6, 6.07) is 1.65. The van der Waals surface area contributed by atoms with Gasteiger partial charge in [0.25, 0.3) is 0 Å². The van der Waals surface area contributed by atoms with Crippen molar-refractivity contribution in [1.82, 2.24) is 0 Å². The highest BCUT2D eigenvalue weighted by Gasteiger charge is 2.24. The van der Waals surface area contributed by atoms with Crippen LogP contribution in [0.25, 0.3) is 0 Å². The van der Waals surface area contributed by atoms with E-state index >= 15 is 0 Å². The molecular formula is C10H18NO3-. The molecule has 0 fully saturated rings. The molecule has 0 bridgehead atoms. The van der Waals surface area contributed by atoms with E-state index in [9.17, 15) is 5.11 Å². The monoisotopic (exact) mass is 200 g/mol. The molecule has 0 spiro atoms. The summed E-state index contributed by atoms with van der Waals surface area (Å²) < 4.78 is 10.4. The predicted molar refractivity (Wildman–Crippen MR) is 50.3 cm³/mol. The summed E-state index contributed by atoms with van der Waals surface area (Å²) >= 11 is 0. The van der Waals surface area contributed by atoms with Gasteiger partial charge >= 0.3 is 0 Å². The lowest BCUT2D eigenvalue weighted by Gasteiger charge is -2.36. The number of nitrogens with zero attached hydrogens (tertiary/aromatic N) is 1. The van der Waals surface area contributed by atoms with Gasteiger partial charge in [-0.25, -0.2) is 0 Å². The maximum atomic E-state index is 11.6. The average Bonchev–Trinajstić information content (AvgIpc) is 2.17. The Balaban J connectivity index is 4.17. The van der Waals surface area contributed by atoms with Crippen LogP contribution in [-0.2, 0) is 9.47 Å². The second-order valence-corrected chi connectivity index (χ2v) is 3.29. The first-order chi connectivity index (χ1) is 6.58. The molecular weight excluding hydrogens is 182 g/mol. The molecule has 0 unspecified atom stereocenters. The third-order valence-corrected chi connectivity index (χ3v) is 1.62. The average molecular weight is 200 g/mol. The van der Waals surface area contributed by atoms with Crippen LogP contribution in [0.15, 0.2) is 0 Å². The van der Waals surface area contributed by atoms with Crippen molar-refractivity contribution in [2.45, 2.75) is 45.5 Å². The van der Waals surface area contributed by atoms with E-state index in [-0.39, 0.29) is 0 Å². The molecule has 0 aliphatic heterocycles. The molecule has 0 aromatic rings. The standard InChI is InChI=1S/C10H18NO3/c1-4-6-13-9(14-7-5-2)10(3,12)8-11/h9H,4-7H2,1-3H3/q-1/t10-/m1/s1. The Morgan fingerprint density at radius 2 is 1.71 bits per heavy atom. The molecule has 0 saturated carbocycles. The van der Waals surface area contributed by atoms with Crippen LogP contribution in [-0.4, -0.2) is 25.1 Å². The highest BCUT2D eigenvalue weighted by Crippen LogP contribution is 2.11. The van der Waals surface area contributed by atoms with Crippen LogP contribution in [0.1, 0.15) is 33.6 Å². The van der Waals surface area contributed by atoms with Crippen molar-refractivity contribution in [2.24, 2.45) is 0 Å². The van der Waals surface area contributed by atoms with Gasteiger partial charge in [0.2, 0.25) is 0 Å². The van der Waals surface area contributed by atoms with Crippen LogP contribution < -0.4 is 5.11 Å². The number of hydrogen-bond donors (Lipinski definition) is 0. The molecule has 0 amide bonds. The lowest BCUT2D eigenvalue weighted by atomic mass is 10.1. The maximum Gasteiger partial charge on any atom is 0.160 e. The Bertz CT molecular complexity index is 178. The first kappa shape index (κ1) is 13.4. The molecule has 0 aromatic heterocycles. The lowest BCUT2D eigenvalue weighted by molar-refractivity contribution is -0.492. The van der Waals surface area contributed by atoms with Gasteiger partial charge in [-0.1, -0.05) is 20.8 Å². The molecule has 0 aromatic carbocycles. The summed E-state index contributed by atoms with van der Waals surface area (Å²) in [5.74, 6) is 0. The first-order valence-electron chi connectivity index (χ1n) is 4.93. The summed E-state index contributed by atoms with van der Waals surface area (Å²) in [5, 5.41) is 20.2. The Kier molecular flexibility index (Phi) is 6.46. The fraction of sp³-hybridized carbons (Fsp3) is 0.900. The topological polar surface area (TPSA) is 65.3 Å². The highest BCUT2D eigenvalue weighted by molar-refractivity contribution is 4.97. The van der Waals surface area contributed by atoms with Crippen LogP contribution in [0.3, 0.4) is 0 Å².